The molecule has 46 valence electrons. The second-order valence-electron chi connectivity index (χ2n) is 0.600. The van der Waals surface area contributed by atoms with Crippen molar-refractivity contribution in [1.29, 1.82) is 0 Å². The Bertz CT molecular complexity index is 38.7. The van der Waals surface area contributed by atoms with Gasteiger partial charge < -0.3 is 22.0 Å². The quantitative estimate of drug-likeness (QED) is 0.288. The van der Waals surface area contributed by atoms with Crippen molar-refractivity contribution in [3.8, 4) is 0 Å². The number of hydrogen-bond donors (Lipinski definition) is 4. The van der Waals surface area contributed by atoms with Crippen LogP contribution in [-0.4, -0.2) is 73.7 Å². The van der Waals surface area contributed by atoms with Crippen LogP contribution in [0.3, 0.4) is 0 Å². The van der Waals surface area contributed by atoms with Crippen LogP contribution < -0.4 is 0 Å². The maximum absolute atomic E-state index is 7.33. The molecule has 4 N–H and O–H groups in total. The molecule has 0 fully saturated rings. The van der Waals surface area contributed by atoms with Gasteiger partial charge in [-0.3, -0.25) is 0 Å². The molecule has 0 aliphatic carbocycles. The molecule has 0 saturated heterocycles. The molecule has 0 aromatic carbocycles. The summed E-state index contributed by atoms with van der Waals surface area (Å²) in [7, 11) is -4.61. The van der Waals surface area contributed by atoms with Crippen LogP contribution in [-0.2, 0) is 19.5 Å². The van der Waals surface area contributed by atoms with Crippen molar-refractivity contribution in [2.24, 2.45) is 0 Å². The van der Waals surface area contributed by atoms with Crippen molar-refractivity contribution >= 4 is 64.4 Å². The smallest absolute Gasteiger partial charge is 1.00 e. The van der Waals surface area contributed by atoms with E-state index in [1.54, 1.807) is 0 Å². The molecule has 1 atom stereocenters. The van der Waals surface area contributed by atoms with Crippen LogP contribution in [0.25, 0.3) is 0 Å². The Morgan fingerprint density at radius 1 is 1.00 bits per heavy atom. The Balaban J connectivity index is -0.00000000800. The zero-order valence-electron chi connectivity index (χ0n) is 6.41. The van der Waals surface area contributed by atoms with E-state index in [1.807, 2.05) is 0 Å². The molecule has 0 aromatic heterocycles. The zero-order chi connectivity index (χ0) is 4.50. The summed E-state index contributed by atoms with van der Waals surface area (Å²) in [6.45, 7) is 0. The molecule has 0 aromatic rings. The van der Waals surface area contributed by atoms with Crippen molar-refractivity contribution in [2.75, 3.05) is 0 Å². The van der Waals surface area contributed by atoms with E-state index in [1.165, 1.54) is 0 Å². The van der Waals surface area contributed by atoms with Gasteiger partial charge in [0.2, 0.25) is 0 Å². The molecule has 0 saturated carbocycles. The van der Waals surface area contributed by atoms with E-state index in [0.29, 0.717) is 0 Å². The van der Waals surface area contributed by atoms with Crippen LogP contribution >= 0.6 is 9.90 Å². The molecule has 0 aliphatic heterocycles. The van der Waals surface area contributed by atoms with Gasteiger partial charge in [-0.05, 0) is 0 Å². The van der Waals surface area contributed by atoms with Crippen molar-refractivity contribution in [1.82, 2.24) is 0 Å². The van der Waals surface area contributed by atoms with Crippen LogP contribution in [0.2, 0.25) is 0 Å². The minimum atomic E-state index is -4.61. The predicted octanol–water partition coefficient (Wildman–Crippen LogP) is -2.71. The van der Waals surface area contributed by atoms with Crippen LogP contribution in [0, 0.1) is 0 Å². The maximum Gasteiger partial charge on any atom is 2.00 e. The average molecular weight is 285 g/mol. The topological polar surface area (TPSA) is 80.9 Å². The third-order valence-corrected chi connectivity index (χ3v) is 0. The van der Waals surface area contributed by atoms with E-state index in [0.717, 1.165) is 0 Å². The molecule has 0 spiro atoms. The van der Waals surface area contributed by atoms with Crippen LogP contribution in [0.5, 0.6) is 0 Å². The summed E-state index contributed by atoms with van der Waals surface area (Å²) in [4.78, 5) is 29.3. The van der Waals surface area contributed by atoms with Gasteiger partial charge in [-0.2, -0.15) is 9.90 Å². The van der Waals surface area contributed by atoms with E-state index in [9.17, 15) is 0 Å². The summed E-state index contributed by atoms with van der Waals surface area (Å²) in [5, 5.41) is 0. The predicted molar refractivity (Wildman–Crippen MR) is 33.7 cm³/mol. The van der Waals surface area contributed by atoms with Gasteiger partial charge in [-0.25, -0.2) is 0 Å². The molecule has 0 rings (SSSR count). The van der Waals surface area contributed by atoms with Crippen molar-refractivity contribution in [2.45, 2.75) is 0 Å². The van der Waals surface area contributed by atoms with Crippen molar-refractivity contribution in [3.05, 3.63) is 0 Å². The summed E-state index contributed by atoms with van der Waals surface area (Å²) in [6.07, 6.45) is 0. The standard InChI is InChI=1S/H4O4Si.H3P.Sr.Zn.2H/c1-5(2,3)4;;;;;/h1-4H;1H3;;;;/q;;+2;;2*-1. The maximum atomic E-state index is 7.33. The molecular formula is H9O4PSiSrZn. The fourth-order valence-corrected chi connectivity index (χ4v) is 0. The van der Waals surface area contributed by atoms with Gasteiger partial charge in [0.05, 0.1) is 0 Å². The van der Waals surface area contributed by atoms with Gasteiger partial charge in [0.25, 0.3) is 0 Å². The van der Waals surface area contributed by atoms with Gasteiger partial charge in [0.1, 0.15) is 0 Å². The molecule has 8 heteroatoms. The zero-order valence-corrected chi connectivity index (χ0v) is 13.3. The van der Waals surface area contributed by atoms with E-state index < -0.39 is 9.05 Å². The molecular weight excluding hydrogens is 276 g/mol. The molecule has 4 nitrogen and oxygen atoms in total. The van der Waals surface area contributed by atoms with Gasteiger partial charge in [-0.15, -0.1) is 0 Å². The minimum absolute atomic E-state index is 0. The molecule has 0 radical (unpaired) electrons. The van der Waals surface area contributed by atoms with E-state index in [4.69, 9.17) is 19.2 Å². The molecule has 0 aliphatic rings. The Labute approximate surface area is 104 Å². The summed E-state index contributed by atoms with van der Waals surface area (Å²) in [5.41, 5.74) is 0. The Morgan fingerprint density at radius 2 is 1.00 bits per heavy atom. The van der Waals surface area contributed by atoms with Crippen LogP contribution in [0.4, 0.5) is 0 Å². The van der Waals surface area contributed by atoms with E-state index in [-0.39, 0.29) is 77.7 Å². The largest absolute Gasteiger partial charge is 2.00 e. The Hall–Kier alpha value is 2.59. The van der Waals surface area contributed by atoms with E-state index >= 15 is 0 Å². The summed E-state index contributed by atoms with van der Waals surface area (Å²) in [5.74, 6) is 0. The fraction of sp³-hybridized carbons (Fsp3) is 0. The average Bonchev–Trinajstić information content (AvgIpc) is 0.722. The van der Waals surface area contributed by atoms with Gasteiger partial charge in [0.15, 0.2) is 0 Å². The van der Waals surface area contributed by atoms with Crippen LogP contribution in [0.1, 0.15) is 2.85 Å². The first-order valence-electron chi connectivity index (χ1n) is 0.894. The second kappa shape index (κ2) is 9.59. The molecule has 0 heterocycles. The number of hydrogen-bond acceptors (Lipinski definition) is 4. The minimum Gasteiger partial charge on any atom is -1.00 e. The summed E-state index contributed by atoms with van der Waals surface area (Å²) >= 11 is 0. The molecule has 8 heavy (non-hydrogen) atoms. The summed E-state index contributed by atoms with van der Waals surface area (Å²) < 4.78 is 0. The van der Waals surface area contributed by atoms with Crippen LogP contribution in [0.15, 0.2) is 0 Å². The SMILES string of the molecule is O[Si](O)(O)O.P.[H-].[H-].[Sr+2].[Zn]. The molecule has 1 unspecified atom stereocenters. The van der Waals surface area contributed by atoms with E-state index in [2.05, 4.69) is 0 Å². The van der Waals surface area contributed by atoms with Gasteiger partial charge in [-0.1, -0.05) is 0 Å². The van der Waals surface area contributed by atoms with Gasteiger partial charge in [0, 0.05) is 19.5 Å². The summed E-state index contributed by atoms with van der Waals surface area (Å²) in [6, 6.07) is 0. The first kappa shape index (κ1) is 22.4. The second-order valence-corrected chi connectivity index (χ2v) is 1.80. The Morgan fingerprint density at radius 3 is 1.00 bits per heavy atom. The Kier molecular flexibility index (Phi) is 26.9. The van der Waals surface area contributed by atoms with Crippen molar-refractivity contribution < 1.29 is 41.5 Å². The number of rotatable bonds is 0. The van der Waals surface area contributed by atoms with Crippen molar-refractivity contribution in [3.63, 3.8) is 0 Å². The normalized spacial score (nSPS) is 7.50. The first-order chi connectivity index (χ1) is 2.00. The van der Waals surface area contributed by atoms with Gasteiger partial charge >= 0.3 is 54.5 Å². The molecule has 0 amide bonds. The fourth-order valence-electron chi connectivity index (χ4n) is 0. The third-order valence-electron chi connectivity index (χ3n) is 0. The first-order valence-corrected chi connectivity index (χ1v) is 2.68. The monoisotopic (exact) mass is 284 g/mol. The molecule has 0 bridgehead atoms. The third kappa shape index (κ3) is 73.7.